The molecule has 0 aliphatic carbocycles. The van der Waals surface area contributed by atoms with Crippen molar-refractivity contribution in [3.63, 3.8) is 0 Å². The Morgan fingerprint density at radius 3 is 1.48 bits per heavy atom. The molecule has 8 heteroatoms. The molecule has 5 aromatic carbocycles. The van der Waals surface area contributed by atoms with Crippen molar-refractivity contribution in [3.05, 3.63) is 89.7 Å². The Bertz CT molecular complexity index is 2240. The fourth-order valence-electron chi connectivity index (χ4n) is 5.23. The molecule has 5 heterocycles. The molecule has 0 amide bonds. The van der Waals surface area contributed by atoms with Gasteiger partial charge in [0.05, 0.1) is 27.1 Å². The summed E-state index contributed by atoms with van der Waals surface area (Å²) >= 11 is 0. The molecular weight excluding hydrogens is 428 g/mol. The molecule has 0 atom stereocenters. The van der Waals surface area contributed by atoms with E-state index in [0.29, 0.717) is 32.3 Å². The Labute approximate surface area is 179 Å². The minimum atomic E-state index is -1.40. The highest BCUT2D eigenvalue weighted by atomic mass is 16.4. The lowest BCUT2D eigenvalue weighted by atomic mass is 9.85. The van der Waals surface area contributed by atoms with Crippen LogP contribution >= 0.6 is 0 Å². The van der Waals surface area contributed by atoms with Crippen LogP contribution in [-0.2, 0) is 0 Å². The zero-order valence-corrected chi connectivity index (χ0v) is 16.3. The third kappa shape index (κ3) is 1.94. The van der Waals surface area contributed by atoms with E-state index in [4.69, 9.17) is 8.83 Å². The molecule has 8 nitrogen and oxygen atoms in total. The van der Waals surface area contributed by atoms with E-state index in [0.717, 1.165) is 6.07 Å². The standard InChI is InChI=1S/C25H8O8/c26-21(27)14-7-15-17-10-3-6-12(23(29)33-25(15)31)18-11-4-1-8(16(10)18)9-2-5-13(19(14)20(9)17)24(30)32-22(11)28/h1-7H,(H,26,27). The normalized spacial score (nSPS) is 12.4. The topological polar surface area (TPSA) is 132 Å². The van der Waals surface area contributed by atoms with E-state index >= 15 is 0 Å². The van der Waals surface area contributed by atoms with Gasteiger partial charge in [0.15, 0.2) is 0 Å². The van der Waals surface area contributed by atoms with Crippen LogP contribution in [0.5, 0.6) is 0 Å². The van der Waals surface area contributed by atoms with Gasteiger partial charge in [-0.3, -0.25) is 0 Å². The molecule has 10 aromatic rings. The van der Waals surface area contributed by atoms with Crippen LogP contribution in [0, 0.1) is 0 Å². The van der Waals surface area contributed by atoms with Gasteiger partial charge >= 0.3 is 28.5 Å². The molecule has 10 rings (SSSR count). The average Bonchev–Trinajstić information content (AvgIpc) is 2.82. The maximum atomic E-state index is 13.1. The number of aromatic carboxylic acids is 1. The Hall–Kier alpha value is -4.85. The fourth-order valence-corrected chi connectivity index (χ4v) is 5.23. The number of carboxylic acid groups (broad SMARTS) is 1. The lowest BCUT2D eigenvalue weighted by molar-refractivity contribution is 0.0699. The van der Waals surface area contributed by atoms with Crippen molar-refractivity contribution < 1.29 is 18.7 Å². The Balaban J connectivity index is 2.20. The number of benzene rings is 5. The summed E-state index contributed by atoms with van der Waals surface area (Å²) in [6.45, 7) is 0. The summed E-state index contributed by atoms with van der Waals surface area (Å²) in [5.74, 6) is -1.40. The number of carbonyl (C=O) groups is 1. The molecular formula is C25H8O8. The van der Waals surface area contributed by atoms with Crippen LogP contribution in [0.3, 0.4) is 0 Å². The fraction of sp³-hybridized carbons (Fsp3) is 0. The first kappa shape index (κ1) is 17.8. The average molecular weight is 436 g/mol. The van der Waals surface area contributed by atoms with Crippen molar-refractivity contribution >= 4 is 70.6 Å². The summed E-state index contributed by atoms with van der Waals surface area (Å²) in [6, 6.07) is 10.3. The summed E-state index contributed by atoms with van der Waals surface area (Å²) < 4.78 is 10.2. The molecule has 0 saturated heterocycles. The van der Waals surface area contributed by atoms with Crippen molar-refractivity contribution in [2.75, 3.05) is 0 Å². The van der Waals surface area contributed by atoms with Crippen LogP contribution in [0.4, 0.5) is 0 Å². The first-order valence-electron chi connectivity index (χ1n) is 9.87. The van der Waals surface area contributed by atoms with Crippen molar-refractivity contribution in [2.45, 2.75) is 0 Å². The molecule has 0 fully saturated rings. The van der Waals surface area contributed by atoms with Gasteiger partial charge in [-0.25, -0.2) is 24.0 Å². The van der Waals surface area contributed by atoms with E-state index in [-0.39, 0.29) is 37.9 Å². The zero-order chi connectivity index (χ0) is 22.8. The van der Waals surface area contributed by atoms with Gasteiger partial charge in [0.25, 0.3) is 0 Å². The molecule has 33 heavy (non-hydrogen) atoms. The Morgan fingerprint density at radius 1 is 0.515 bits per heavy atom. The van der Waals surface area contributed by atoms with Gasteiger partial charge < -0.3 is 13.9 Å². The maximum Gasteiger partial charge on any atom is 0.346 e. The summed E-state index contributed by atoms with van der Waals surface area (Å²) in [7, 11) is 0. The van der Waals surface area contributed by atoms with E-state index < -0.39 is 28.5 Å². The predicted octanol–water partition coefficient (Wildman–Crippen LogP) is 3.24. The minimum absolute atomic E-state index is 0.0377. The van der Waals surface area contributed by atoms with Gasteiger partial charge in [0, 0.05) is 16.2 Å². The second-order valence-corrected chi connectivity index (χ2v) is 7.99. The van der Waals surface area contributed by atoms with Crippen LogP contribution < -0.4 is 22.5 Å². The quantitative estimate of drug-likeness (QED) is 0.306. The van der Waals surface area contributed by atoms with Gasteiger partial charge in [-0.15, -0.1) is 0 Å². The summed E-state index contributed by atoms with van der Waals surface area (Å²) in [5.41, 5.74) is -4.39. The van der Waals surface area contributed by atoms with E-state index in [1.165, 1.54) is 18.2 Å². The number of carboxylic acids is 1. The van der Waals surface area contributed by atoms with E-state index in [2.05, 4.69) is 0 Å². The van der Waals surface area contributed by atoms with Crippen LogP contribution in [0.25, 0.3) is 64.6 Å². The SMILES string of the molecule is O=C(O)c1cc2c(=O)oc(=O)c3ccc4c2c2c5ccc(c(=O)oc(=O)c6ccc5c4c63)c12. The summed E-state index contributed by atoms with van der Waals surface area (Å²) in [5, 5.41) is 12.8. The van der Waals surface area contributed by atoms with Gasteiger partial charge in [-0.05, 0) is 51.2 Å². The van der Waals surface area contributed by atoms with Crippen LogP contribution in [0.2, 0.25) is 0 Å². The number of hydrogen-bond donors (Lipinski definition) is 1. The molecule has 0 aliphatic rings. The Morgan fingerprint density at radius 2 is 0.909 bits per heavy atom. The van der Waals surface area contributed by atoms with E-state index in [1.54, 1.807) is 18.2 Å². The number of fused-ring (bicyclic) bond motifs is 4. The summed E-state index contributed by atoms with van der Waals surface area (Å²) in [4.78, 5) is 64.4. The third-order valence-corrected chi connectivity index (χ3v) is 6.48. The maximum absolute atomic E-state index is 13.1. The lowest BCUT2D eigenvalue weighted by Gasteiger charge is -2.16. The van der Waals surface area contributed by atoms with E-state index in [9.17, 15) is 29.1 Å². The Kier molecular flexibility index (Phi) is 2.96. The molecule has 5 aromatic heterocycles. The van der Waals surface area contributed by atoms with Crippen LogP contribution in [0.1, 0.15) is 10.4 Å². The highest BCUT2D eigenvalue weighted by molar-refractivity contribution is 6.41. The molecule has 0 saturated carbocycles. The van der Waals surface area contributed by atoms with Crippen LogP contribution in [-0.4, -0.2) is 11.1 Å². The molecule has 11 bridgehead atoms. The van der Waals surface area contributed by atoms with Gasteiger partial charge in [0.1, 0.15) is 0 Å². The van der Waals surface area contributed by atoms with Gasteiger partial charge in [0.2, 0.25) is 0 Å². The first-order valence-corrected chi connectivity index (χ1v) is 9.87. The van der Waals surface area contributed by atoms with Crippen molar-refractivity contribution in [1.29, 1.82) is 0 Å². The van der Waals surface area contributed by atoms with Crippen molar-refractivity contribution in [3.8, 4) is 0 Å². The zero-order valence-electron chi connectivity index (χ0n) is 16.3. The van der Waals surface area contributed by atoms with Gasteiger partial charge in [-0.2, -0.15) is 0 Å². The lowest BCUT2D eigenvalue weighted by Crippen LogP contribution is -2.11. The first-order chi connectivity index (χ1) is 15.9. The molecule has 0 spiro atoms. The largest absolute Gasteiger partial charge is 0.478 e. The number of hydrogen-bond acceptors (Lipinski definition) is 7. The predicted molar refractivity (Wildman–Crippen MR) is 122 cm³/mol. The van der Waals surface area contributed by atoms with Crippen LogP contribution in [0.15, 0.2) is 70.5 Å². The van der Waals surface area contributed by atoms with Gasteiger partial charge in [-0.1, -0.05) is 18.2 Å². The van der Waals surface area contributed by atoms with E-state index in [1.807, 2.05) is 0 Å². The molecule has 0 radical (unpaired) electrons. The second-order valence-electron chi connectivity index (χ2n) is 7.99. The highest BCUT2D eigenvalue weighted by Crippen LogP contribution is 2.44. The van der Waals surface area contributed by atoms with Crippen molar-refractivity contribution in [1.82, 2.24) is 0 Å². The highest BCUT2D eigenvalue weighted by Gasteiger charge is 2.25. The third-order valence-electron chi connectivity index (χ3n) is 6.48. The number of rotatable bonds is 1. The molecule has 0 unspecified atom stereocenters. The smallest absolute Gasteiger partial charge is 0.346 e. The summed E-state index contributed by atoms with van der Waals surface area (Å²) in [6.07, 6.45) is 0. The minimum Gasteiger partial charge on any atom is -0.478 e. The molecule has 1 N–H and O–H groups in total. The van der Waals surface area contributed by atoms with Crippen molar-refractivity contribution in [2.24, 2.45) is 0 Å². The molecule has 156 valence electrons. The monoisotopic (exact) mass is 436 g/mol. The second kappa shape index (κ2) is 5.49. The molecule has 0 aliphatic heterocycles.